The molecule has 0 spiro atoms. The third kappa shape index (κ3) is 2.40. The summed E-state index contributed by atoms with van der Waals surface area (Å²) in [6.07, 6.45) is 0.973. The number of hydrogen-bond donors (Lipinski definition) is 3. The fourth-order valence-electron chi connectivity index (χ4n) is 1.53. The van der Waals surface area contributed by atoms with E-state index in [1.54, 1.807) is 0 Å². The summed E-state index contributed by atoms with van der Waals surface area (Å²) in [4.78, 5) is 4.23. The lowest BCUT2D eigenvalue weighted by molar-refractivity contribution is 0.415. The van der Waals surface area contributed by atoms with E-state index in [2.05, 4.69) is 15.6 Å². The monoisotopic (exact) mass is 198 g/mol. The SMILES string of the molecule is Nc1nc(CC2CNCCN2)cs1. The average molecular weight is 198 g/mol. The Bertz CT molecular complexity index is 267. The van der Waals surface area contributed by atoms with Crippen LogP contribution in [0.1, 0.15) is 5.69 Å². The van der Waals surface area contributed by atoms with Crippen LogP contribution in [0.3, 0.4) is 0 Å². The van der Waals surface area contributed by atoms with Gasteiger partial charge in [-0.05, 0) is 0 Å². The molecule has 4 nitrogen and oxygen atoms in total. The summed E-state index contributed by atoms with van der Waals surface area (Å²) in [5.74, 6) is 0. The summed E-state index contributed by atoms with van der Waals surface area (Å²) in [6, 6.07) is 0.509. The Hall–Kier alpha value is -0.650. The van der Waals surface area contributed by atoms with Gasteiger partial charge in [-0.3, -0.25) is 0 Å². The summed E-state index contributed by atoms with van der Waals surface area (Å²) in [7, 11) is 0. The second-order valence-corrected chi connectivity index (χ2v) is 4.13. The maximum Gasteiger partial charge on any atom is 0.180 e. The normalized spacial score (nSPS) is 23.2. The number of anilines is 1. The number of aromatic nitrogens is 1. The topological polar surface area (TPSA) is 63.0 Å². The van der Waals surface area contributed by atoms with Crippen molar-refractivity contribution in [3.63, 3.8) is 0 Å². The zero-order chi connectivity index (χ0) is 9.10. The van der Waals surface area contributed by atoms with Crippen molar-refractivity contribution < 1.29 is 0 Å². The number of hydrogen-bond acceptors (Lipinski definition) is 5. The molecule has 1 aromatic heterocycles. The molecule has 0 aromatic carbocycles. The Morgan fingerprint density at radius 1 is 1.62 bits per heavy atom. The molecule has 5 heteroatoms. The van der Waals surface area contributed by atoms with Crippen molar-refractivity contribution >= 4 is 16.5 Å². The number of nitrogens with two attached hydrogens (primary N) is 1. The van der Waals surface area contributed by atoms with Crippen LogP contribution in [0.5, 0.6) is 0 Å². The van der Waals surface area contributed by atoms with Gasteiger partial charge < -0.3 is 16.4 Å². The Balaban J connectivity index is 1.89. The number of thiazole rings is 1. The maximum absolute atomic E-state index is 5.56. The van der Waals surface area contributed by atoms with Gasteiger partial charge in [0, 0.05) is 37.5 Å². The molecule has 13 heavy (non-hydrogen) atoms. The van der Waals surface area contributed by atoms with Gasteiger partial charge >= 0.3 is 0 Å². The minimum atomic E-state index is 0.509. The van der Waals surface area contributed by atoms with Crippen molar-refractivity contribution in [1.29, 1.82) is 0 Å². The van der Waals surface area contributed by atoms with E-state index in [1.165, 1.54) is 11.3 Å². The second-order valence-electron chi connectivity index (χ2n) is 3.24. The van der Waals surface area contributed by atoms with E-state index in [4.69, 9.17) is 5.73 Å². The van der Waals surface area contributed by atoms with Crippen LogP contribution < -0.4 is 16.4 Å². The molecule has 1 aliphatic rings. The minimum Gasteiger partial charge on any atom is -0.375 e. The molecular weight excluding hydrogens is 184 g/mol. The molecule has 1 atom stereocenters. The van der Waals surface area contributed by atoms with Gasteiger partial charge in [0.25, 0.3) is 0 Å². The Labute approximate surface area is 81.5 Å². The van der Waals surface area contributed by atoms with E-state index in [0.717, 1.165) is 31.7 Å². The molecule has 1 saturated heterocycles. The Morgan fingerprint density at radius 2 is 2.54 bits per heavy atom. The molecule has 0 bridgehead atoms. The van der Waals surface area contributed by atoms with Crippen LogP contribution in [0.25, 0.3) is 0 Å². The molecule has 0 radical (unpaired) electrons. The predicted molar refractivity (Wildman–Crippen MR) is 54.9 cm³/mol. The highest BCUT2D eigenvalue weighted by molar-refractivity contribution is 7.13. The number of nitrogens with zero attached hydrogens (tertiary/aromatic N) is 1. The van der Waals surface area contributed by atoms with Crippen LogP contribution in [-0.2, 0) is 6.42 Å². The molecule has 72 valence electrons. The summed E-state index contributed by atoms with van der Waals surface area (Å²) in [5, 5.41) is 9.48. The van der Waals surface area contributed by atoms with E-state index in [9.17, 15) is 0 Å². The molecule has 0 amide bonds. The predicted octanol–water partition coefficient (Wildman–Crippen LogP) is -0.171. The van der Waals surface area contributed by atoms with Crippen LogP contribution >= 0.6 is 11.3 Å². The van der Waals surface area contributed by atoms with Crippen molar-refractivity contribution in [3.8, 4) is 0 Å². The molecular formula is C8H14N4S. The number of nitrogens with one attached hydrogen (secondary N) is 2. The molecule has 1 fully saturated rings. The smallest absolute Gasteiger partial charge is 0.180 e. The zero-order valence-corrected chi connectivity index (χ0v) is 8.23. The van der Waals surface area contributed by atoms with Gasteiger partial charge in [-0.1, -0.05) is 0 Å². The maximum atomic E-state index is 5.56. The van der Waals surface area contributed by atoms with E-state index in [1.807, 2.05) is 5.38 Å². The summed E-state index contributed by atoms with van der Waals surface area (Å²) >= 11 is 1.51. The Kier molecular flexibility index (Phi) is 2.77. The quantitative estimate of drug-likeness (QED) is 0.617. The van der Waals surface area contributed by atoms with Crippen molar-refractivity contribution in [2.24, 2.45) is 0 Å². The lowest BCUT2D eigenvalue weighted by Gasteiger charge is -2.23. The highest BCUT2D eigenvalue weighted by atomic mass is 32.1. The molecule has 4 N–H and O–H groups in total. The van der Waals surface area contributed by atoms with Crippen molar-refractivity contribution in [2.75, 3.05) is 25.4 Å². The van der Waals surface area contributed by atoms with Gasteiger partial charge in [-0.2, -0.15) is 0 Å². The first-order valence-electron chi connectivity index (χ1n) is 4.48. The summed E-state index contributed by atoms with van der Waals surface area (Å²) < 4.78 is 0. The third-order valence-electron chi connectivity index (χ3n) is 2.15. The molecule has 1 aliphatic heterocycles. The van der Waals surface area contributed by atoms with E-state index < -0.39 is 0 Å². The summed E-state index contributed by atoms with van der Waals surface area (Å²) in [6.45, 7) is 3.14. The van der Waals surface area contributed by atoms with Gasteiger partial charge in [0.15, 0.2) is 5.13 Å². The van der Waals surface area contributed by atoms with Gasteiger partial charge in [-0.25, -0.2) is 4.98 Å². The van der Waals surface area contributed by atoms with Gasteiger partial charge in [0.1, 0.15) is 0 Å². The number of rotatable bonds is 2. The van der Waals surface area contributed by atoms with Crippen LogP contribution in [0.15, 0.2) is 5.38 Å². The minimum absolute atomic E-state index is 0.509. The van der Waals surface area contributed by atoms with Crippen LogP contribution in [0.2, 0.25) is 0 Å². The zero-order valence-electron chi connectivity index (χ0n) is 7.42. The van der Waals surface area contributed by atoms with Crippen molar-refractivity contribution in [1.82, 2.24) is 15.6 Å². The van der Waals surface area contributed by atoms with Gasteiger partial charge in [0.05, 0.1) is 5.69 Å². The van der Waals surface area contributed by atoms with Crippen molar-refractivity contribution in [2.45, 2.75) is 12.5 Å². The van der Waals surface area contributed by atoms with E-state index >= 15 is 0 Å². The average Bonchev–Trinajstić information content (AvgIpc) is 2.53. The second kappa shape index (κ2) is 4.04. The summed E-state index contributed by atoms with van der Waals surface area (Å²) in [5.41, 5.74) is 6.66. The molecule has 0 saturated carbocycles. The number of piperazine rings is 1. The first-order valence-corrected chi connectivity index (χ1v) is 5.36. The fraction of sp³-hybridized carbons (Fsp3) is 0.625. The standard InChI is InChI=1S/C8H14N4S/c9-8-12-7(5-13-8)3-6-4-10-1-2-11-6/h5-6,10-11H,1-4H2,(H2,9,12). The van der Waals surface area contributed by atoms with Crippen LogP contribution in [0.4, 0.5) is 5.13 Å². The molecule has 1 unspecified atom stereocenters. The highest BCUT2D eigenvalue weighted by Crippen LogP contribution is 2.12. The van der Waals surface area contributed by atoms with Crippen LogP contribution in [-0.4, -0.2) is 30.7 Å². The lowest BCUT2D eigenvalue weighted by atomic mass is 10.1. The molecule has 0 aliphatic carbocycles. The lowest BCUT2D eigenvalue weighted by Crippen LogP contribution is -2.49. The first-order chi connectivity index (χ1) is 6.34. The van der Waals surface area contributed by atoms with E-state index in [-0.39, 0.29) is 0 Å². The Morgan fingerprint density at radius 3 is 3.15 bits per heavy atom. The van der Waals surface area contributed by atoms with Crippen LogP contribution in [0, 0.1) is 0 Å². The van der Waals surface area contributed by atoms with Crippen molar-refractivity contribution in [3.05, 3.63) is 11.1 Å². The van der Waals surface area contributed by atoms with E-state index in [0.29, 0.717) is 11.2 Å². The number of nitrogen functional groups attached to an aromatic ring is 1. The fourth-order valence-corrected chi connectivity index (χ4v) is 2.10. The molecule has 2 rings (SSSR count). The first kappa shape index (κ1) is 8.93. The van der Waals surface area contributed by atoms with Gasteiger partial charge in [-0.15, -0.1) is 11.3 Å². The third-order valence-corrected chi connectivity index (χ3v) is 2.87. The largest absolute Gasteiger partial charge is 0.375 e. The highest BCUT2D eigenvalue weighted by Gasteiger charge is 2.13. The molecule has 2 heterocycles. The molecule has 1 aromatic rings. The van der Waals surface area contributed by atoms with Gasteiger partial charge in [0.2, 0.25) is 0 Å².